The first-order chi connectivity index (χ1) is 32.4. The number of pyridine rings is 1. The fraction of sp³-hybridized carbons (Fsp3) is 0.608. The van der Waals surface area contributed by atoms with E-state index in [2.05, 4.69) is 68.0 Å². The number of nitrogens with zero attached hydrogens (tertiary/aromatic N) is 1. The molecule has 5 aliphatic rings. The number of aliphatic hydroxyl groups excluding tert-OH is 1. The number of amides is 2. The maximum Gasteiger partial charge on any atom is 0.353 e. The second kappa shape index (κ2) is 23.1. The van der Waals surface area contributed by atoms with Crippen LogP contribution in [0.3, 0.4) is 0 Å². The van der Waals surface area contributed by atoms with E-state index in [-0.39, 0.29) is 59.3 Å². The number of likely N-dealkylation sites (N-methyl/N-ethyl adjacent to an activating group) is 1. The molecule has 0 bridgehead atoms. The Balaban J connectivity index is 1.32. The number of aryl methyl sites for hydroxylation is 1. The van der Waals surface area contributed by atoms with Crippen molar-refractivity contribution < 1.29 is 44.0 Å². The molecule has 0 unspecified atom stereocenters. The minimum absolute atomic E-state index is 0.0162. The molecule has 4 aliphatic carbocycles. The summed E-state index contributed by atoms with van der Waals surface area (Å²) in [7, 11) is 3.64. The quantitative estimate of drug-likeness (QED) is 0.0446. The Bertz CT molecular complexity index is 2120. The summed E-state index contributed by atoms with van der Waals surface area (Å²) in [4.78, 5) is 70.7. The highest BCUT2D eigenvalue weighted by atomic mass is 32.2. The maximum absolute atomic E-state index is 15.2. The van der Waals surface area contributed by atoms with E-state index < -0.39 is 48.0 Å². The highest BCUT2D eigenvalue weighted by Gasteiger charge is 2.58. The van der Waals surface area contributed by atoms with Crippen LogP contribution in [0.25, 0.3) is 0 Å². The van der Waals surface area contributed by atoms with Crippen molar-refractivity contribution in [2.45, 2.75) is 145 Å². The predicted molar refractivity (Wildman–Crippen MR) is 255 cm³/mol. The Morgan fingerprint density at radius 3 is 2.06 bits per heavy atom. The number of nitrogens with one attached hydrogen (secondary N) is 5. The number of carboxylic acid groups (broad SMARTS) is 2. The molecule has 2 spiro atoms. The molecule has 16 heteroatoms. The van der Waals surface area contributed by atoms with Crippen LogP contribution in [0.2, 0.25) is 0 Å². The number of aromatic nitrogens is 1. The fourth-order valence-corrected chi connectivity index (χ4v) is 13.8. The molecule has 2 fully saturated rings. The third-order valence-electron chi connectivity index (χ3n) is 15.5. The Morgan fingerprint density at radius 1 is 0.821 bits per heavy atom. The first kappa shape index (κ1) is 50.3. The number of aliphatic carboxylic acids is 2. The highest BCUT2D eigenvalue weighted by Crippen LogP contribution is 2.63. The second-order valence-corrected chi connectivity index (χ2v) is 20.6. The number of allylic oxidation sites excluding steroid dienone is 1. The van der Waals surface area contributed by atoms with Crippen LogP contribution in [-0.4, -0.2) is 106 Å². The zero-order valence-corrected chi connectivity index (χ0v) is 39.8. The molecule has 2 saturated carbocycles. The Morgan fingerprint density at radius 2 is 1.46 bits per heavy atom. The summed E-state index contributed by atoms with van der Waals surface area (Å²) in [5.41, 5.74) is 5.53. The summed E-state index contributed by atoms with van der Waals surface area (Å²) in [6, 6.07) is 12.1. The van der Waals surface area contributed by atoms with Crippen molar-refractivity contribution in [2.75, 3.05) is 26.5 Å². The van der Waals surface area contributed by atoms with Gasteiger partial charge in [0.25, 0.3) is 0 Å². The van der Waals surface area contributed by atoms with Gasteiger partial charge in [0.05, 0.1) is 5.25 Å². The summed E-state index contributed by atoms with van der Waals surface area (Å²) < 4.78 is 6.86. The van der Waals surface area contributed by atoms with Crippen LogP contribution in [0.1, 0.15) is 114 Å². The zero-order valence-electron chi connectivity index (χ0n) is 39.0. The summed E-state index contributed by atoms with van der Waals surface area (Å²) >= 11 is 1.47. The average Bonchev–Trinajstić information content (AvgIpc) is 4.09. The molecule has 0 radical (unpaired) electrons. The number of rotatable bonds is 21. The minimum Gasteiger partial charge on any atom is -0.480 e. The number of esters is 1. The molecular formula is C51H70N6O9S. The lowest BCUT2D eigenvalue weighted by Crippen LogP contribution is -2.53. The average molecular weight is 943 g/mol. The molecule has 15 nitrogen and oxygen atoms in total. The van der Waals surface area contributed by atoms with Crippen molar-refractivity contribution in [1.82, 2.24) is 31.6 Å². The molecule has 2 amide bonds. The van der Waals surface area contributed by atoms with E-state index in [1.807, 2.05) is 25.5 Å². The van der Waals surface area contributed by atoms with Gasteiger partial charge in [-0.05, 0) is 136 Å². The van der Waals surface area contributed by atoms with E-state index >= 15 is 4.79 Å². The van der Waals surface area contributed by atoms with Crippen molar-refractivity contribution in [2.24, 2.45) is 22.7 Å². The molecule has 1 aliphatic heterocycles. The number of benzene rings is 1. The lowest BCUT2D eigenvalue weighted by molar-refractivity contribution is -0.151. The summed E-state index contributed by atoms with van der Waals surface area (Å²) in [5, 5.41) is 43.4. The van der Waals surface area contributed by atoms with E-state index in [0.717, 1.165) is 113 Å². The van der Waals surface area contributed by atoms with E-state index in [4.69, 9.17) is 4.74 Å². The monoisotopic (exact) mass is 942 g/mol. The first-order valence-electron chi connectivity index (χ1n) is 24.4. The fourth-order valence-electron chi connectivity index (χ4n) is 12.2. The number of hydrogen-bond acceptors (Lipinski definition) is 12. The van der Waals surface area contributed by atoms with Gasteiger partial charge in [-0.3, -0.25) is 29.5 Å². The highest BCUT2D eigenvalue weighted by molar-refractivity contribution is 8.00. The van der Waals surface area contributed by atoms with Gasteiger partial charge in [0.2, 0.25) is 18.0 Å². The van der Waals surface area contributed by atoms with Gasteiger partial charge in [-0.2, -0.15) is 0 Å². The second-order valence-electron chi connectivity index (χ2n) is 19.5. The summed E-state index contributed by atoms with van der Waals surface area (Å²) in [6.07, 6.45) is 16.5. The third-order valence-corrected chi connectivity index (χ3v) is 17.0. The van der Waals surface area contributed by atoms with Crippen LogP contribution < -0.4 is 26.6 Å². The predicted octanol–water partition coefficient (Wildman–Crippen LogP) is 5.39. The normalized spacial score (nSPS) is 23.9. The van der Waals surface area contributed by atoms with E-state index in [1.165, 1.54) is 22.9 Å². The van der Waals surface area contributed by atoms with Gasteiger partial charge in [0, 0.05) is 37.3 Å². The smallest absolute Gasteiger partial charge is 0.353 e. The molecular weight excluding hydrogens is 873 g/mol. The number of carboxylic acids is 2. The molecule has 2 aromatic rings. The van der Waals surface area contributed by atoms with E-state index in [9.17, 15) is 34.5 Å². The molecule has 7 rings (SSSR count). The topological polar surface area (TPSA) is 228 Å². The van der Waals surface area contributed by atoms with Crippen molar-refractivity contribution in [3.05, 3.63) is 88.5 Å². The van der Waals surface area contributed by atoms with Gasteiger partial charge >= 0.3 is 17.9 Å². The lowest BCUT2D eigenvalue weighted by Gasteiger charge is -2.47. The molecule has 1 aromatic heterocycles. The van der Waals surface area contributed by atoms with Crippen LogP contribution in [0, 0.1) is 22.7 Å². The van der Waals surface area contributed by atoms with Crippen LogP contribution in [-0.2, 0) is 41.6 Å². The molecule has 1 aromatic carbocycles. The first-order valence-corrected chi connectivity index (χ1v) is 25.4. The largest absolute Gasteiger partial charge is 0.480 e. The van der Waals surface area contributed by atoms with E-state index in [0.29, 0.717) is 12.2 Å². The molecule has 8 N–H and O–H groups in total. The molecule has 67 heavy (non-hydrogen) atoms. The number of carbonyl (C=O) groups excluding carboxylic acids is 3. The van der Waals surface area contributed by atoms with Gasteiger partial charge in [-0.25, -0.2) is 4.79 Å². The van der Waals surface area contributed by atoms with E-state index in [1.54, 1.807) is 7.05 Å². The lowest BCUT2D eigenvalue weighted by atomic mass is 9.57. The Kier molecular flexibility index (Phi) is 17.4. The maximum atomic E-state index is 15.2. The van der Waals surface area contributed by atoms with Crippen LogP contribution in [0.15, 0.2) is 77.3 Å². The van der Waals surface area contributed by atoms with Crippen molar-refractivity contribution in [3.63, 3.8) is 0 Å². The van der Waals surface area contributed by atoms with Crippen molar-refractivity contribution >= 4 is 41.5 Å². The van der Waals surface area contributed by atoms with Gasteiger partial charge in [-0.15, -0.1) is 11.8 Å². The minimum atomic E-state index is -2.21. The Hall–Kier alpha value is -4.61. The number of fused-ring (bicyclic) bond motifs is 1. The van der Waals surface area contributed by atoms with Gasteiger partial charge < -0.3 is 41.3 Å². The number of ether oxygens (including phenoxy) is 1. The van der Waals surface area contributed by atoms with Crippen molar-refractivity contribution in [3.8, 4) is 0 Å². The van der Waals surface area contributed by atoms with Crippen LogP contribution in [0.4, 0.5) is 0 Å². The van der Waals surface area contributed by atoms with Gasteiger partial charge in [-0.1, -0.05) is 74.4 Å². The Labute approximate surface area is 398 Å². The SMILES string of the molecule is CNCN[C@@H](CCC(=O)N[C@@H](CS[C@H]1C2=C3[C@H](C(=O)O2)C([C@H](CCc2ccccc2)NC)=C(Cc2ccncc2)C[C@H]3C2(CCCC2)CCCCC12CCCC2)C(=O)N[C@@H](O)C(=O)O)C(=O)O. The summed E-state index contributed by atoms with van der Waals surface area (Å²) in [6.45, 7) is 0.203. The standard InChI is InChI=1S/C51H70N6O9S/c1-52-31-55-37(47(61)62)16-17-39(58)56-38(45(59)57-46(60)48(63)64)30-67-44-43-41-35(50(20-6-7-21-50)22-8-9-23-51(44)24-10-11-25-51)29-34(28-33-18-26-54-27-19-33)40(42(41)49(65)66-43)36(53-2)15-14-32-12-4-3-5-13-32/h3-5,12-13,18-19,26-27,35-38,42,44,46,52-53,55,60H,6-11,14-17,20-25,28-31H2,1-2H3,(H,56,58)(H,57,59)(H,61,62)(H,63,64)/t35-,36+,37+,38+,42-,44+,46+/m1/s1. The van der Waals surface area contributed by atoms with Crippen molar-refractivity contribution in [1.29, 1.82) is 0 Å². The van der Waals surface area contributed by atoms with Gasteiger partial charge in [0.15, 0.2) is 0 Å². The number of thioether (sulfide) groups is 1. The zero-order chi connectivity index (χ0) is 47.6. The molecule has 0 saturated heterocycles. The molecule has 7 atom stereocenters. The van der Waals surface area contributed by atoms with Gasteiger partial charge in [0.1, 0.15) is 23.8 Å². The van der Waals surface area contributed by atoms with Crippen LogP contribution >= 0.6 is 11.8 Å². The third kappa shape index (κ3) is 11.8. The summed E-state index contributed by atoms with van der Waals surface area (Å²) in [5.74, 6) is -4.40. The number of carbonyl (C=O) groups is 5. The number of aliphatic hydroxyl groups is 1. The number of hydrogen-bond donors (Lipinski definition) is 8. The molecule has 2 heterocycles. The van der Waals surface area contributed by atoms with Crippen LogP contribution in [0.5, 0.6) is 0 Å². The molecule has 364 valence electrons.